The summed E-state index contributed by atoms with van der Waals surface area (Å²) in [5, 5.41) is 6.08. The number of amides is 1. The van der Waals surface area contributed by atoms with E-state index in [1.165, 1.54) is 12.1 Å². The average Bonchev–Trinajstić information content (AvgIpc) is 2.43. The highest BCUT2D eigenvalue weighted by atomic mass is 19.1. The summed E-state index contributed by atoms with van der Waals surface area (Å²) in [5.41, 5.74) is 1.77. The molecule has 0 aliphatic rings. The fourth-order valence-electron chi connectivity index (χ4n) is 2.11. The number of rotatable bonds is 8. The number of nitrogens with zero attached hydrogens (tertiary/aromatic N) is 1. The van der Waals surface area contributed by atoms with E-state index in [9.17, 15) is 9.18 Å². The minimum absolute atomic E-state index is 0.0218. The van der Waals surface area contributed by atoms with Gasteiger partial charge in [-0.2, -0.15) is 0 Å². The van der Waals surface area contributed by atoms with Crippen molar-refractivity contribution in [2.24, 2.45) is 0 Å². The first-order valence-corrected chi connectivity index (χ1v) is 7.51. The third-order valence-electron chi connectivity index (χ3n) is 3.17. The molecule has 0 aliphatic carbocycles. The van der Waals surface area contributed by atoms with Crippen LogP contribution in [0.1, 0.15) is 33.3 Å². The van der Waals surface area contributed by atoms with E-state index in [1.807, 2.05) is 32.6 Å². The maximum absolute atomic E-state index is 13.5. The minimum Gasteiger partial charge on any atom is -0.362 e. The van der Waals surface area contributed by atoms with Crippen LogP contribution in [0.5, 0.6) is 0 Å². The van der Waals surface area contributed by atoms with E-state index < -0.39 is 0 Å². The van der Waals surface area contributed by atoms with Crippen molar-refractivity contribution >= 4 is 11.6 Å². The molecule has 0 saturated heterocycles. The van der Waals surface area contributed by atoms with Crippen LogP contribution in [-0.4, -0.2) is 31.6 Å². The molecule has 0 aliphatic heterocycles. The Bertz CT molecular complexity index is 463. The van der Waals surface area contributed by atoms with Gasteiger partial charge in [0, 0.05) is 31.4 Å². The first kappa shape index (κ1) is 17.4. The molecule has 0 radical (unpaired) electrons. The highest BCUT2D eigenvalue weighted by Crippen LogP contribution is 2.21. The van der Waals surface area contributed by atoms with Crippen LogP contribution in [-0.2, 0) is 11.3 Å². The first-order chi connectivity index (χ1) is 9.97. The molecule has 0 aromatic heterocycles. The molecule has 5 heteroatoms. The topological polar surface area (TPSA) is 44.4 Å². The molecule has 0 atom stereocenters. The molecule has 0 spiro atoms. The van der Waals surface area contributed by atoms with Crippen molar-refractivity contribution in [3.8, 4) is 0 Å². The van der Waals surface area contributed by atoms with Crippen LogP contribution in [0.3, 0.4) is 0 Å². The smallest absolute Gasteiger partial charge is 0.239 e. The van der Waals surface area contributed by atoms with Gasteiger partial charge in [0.1, 0.15) is 5.82 Å². The molecule has 1 rings (SSSR count). The second kappa shape index (κ2) is 8.62. The van der Waals surface area contributed by atoms with E-state index in [0.29, 0.717) is 25.7 Å². The van der Waals surface area contributed by atoms with Gasteiger partial charge < -0.3 is 15.5 Å². The monoisotopic (exact) mass is 295 g/mol. The summed E-state index contributed by atoms with van der Waals surface area (Å²) in [6.45, 7) is 10.1. The fraction of sp³-hybridized carbons (Fsp3) is 0.562. The van der Waals surface area contributed by atoms with E-state index >= 15 is 0 Å². The van der Waals surface area contributed by atoms with Gasteiger partial charge in [0.15, 0.2) is 0 Å². The van der Waals surface area contributed by atoms with Gasteiger partial charge in [-0.1, -0.05) is 13.8 Å². The molecule has 4 nitrogen and oxygen atoms in total. The van der Waals surface area contributed by atoms with Crippen molar-refractivity contribution in [1.82, 2.24) is 10.6 Å². The predicted octanol–water partition coefficient (Wildman–Crippen LogP) is 2.29. The molecular weight excluding hydrogens is 269 g/mol. The van der Waals surface area contributed by atoms with Crippen molar-refractivity contribution in [3.63, 3.8) is 0 Å². The zero-order valence-corrected chi connectivity index (χ0v) is 13.4. The van der Waals surface area contributed by atoms with Crippen LogP contribution in [0.2, 0.25) is 0 Å². The minimum atomic E-state index is -0.256. The highest BCUT2D eigenvalue weighted by Gasteiger charge is 2.14. The lowest BCUT2D eigenvalue weighted by molar-refractivity contribution is -0.119. The quantitative estimate of drug-likeness (QED) is 0.773. The molecule has 1 aromatic carbocycles. The number of carbonyl (C=O) groups is 1. The number of hydrogen-bond donors (Lipinski definition) is 2. The number of carbonyl (C=O) groups excluding carboxylic acids is 1. The summed E-state index contributed by atoms with van der Waals surface area (Å²) in [5.74, 6) is -0.278. The number of anilines is 1. The number of likely N-dealkylation sites (N-methyl/N-ethyl adjacent to an activating group) is 2. The van der Waals surface area contributed by atoms with Crippen molar-refractivity contribution in [1.29, 1.82) is 0 Å². The summed E-state index contributed by atoms with van der Waals surface area (Å²) in [4.78, 5) is 13.7. The lowest BCUT2D eigenvalue weighted by Gasteiger charge is -2.25. The average molecular weight is 295 g/mol. The SMILES string of the molecule is CCNC(=O)CN(CC)c1ccc(F)cc1CNC(C)C. The third kappa shape index (κ3) is 5.71. The maximum atomic E-state index is 13.5. The van der Waals surface area contributed by atoms with Gasteiger partial charge in [-0.05, 0) is 37.6 Å². The van der Waals surface area contributed by atoms with Crippen molar-refractivity contribution < 1.29 is 9.18 Å². The third-order valence-corrected chi connectivity index (χ3v) is 3.17. The Balaban J connectivity index is 2.93. The molecule has 0 bridgehead atoms. The molecule has 0 fully saturated rings. The highest BCUT2D eigenvalue weighted by molar-refractivity contribution is 5.81. The van der Waals surface area contributed by atoms with Crippen molar-refractivity contribution in [2.75, 3.05) is 24.5 Å². The first-order valence-electron chi connectivity index (χ1n) is 7.51. The van der Waals surface area contributed by atoms with Crippen LogP contribution in [0.25, 0.3) is 0 Å². The Hall–Kier alpha value is -1.62. The maximum Gasteiger partial charge on any atom is 0.239 e. The summed E-state index contributed by atoms with van der Waals surface area (Å²) >= 11 is 0. The van der Waals surface area contributed by atoms with Crippen LogP contribution < -0.4 is 15.5 Å². The van der Waals surface area contributed by atoms with Gasteiger partial charge in [0.2, 0.25) is 5.91 Å². The van der Waals surface area contributed by atoms with Crippen LogP contribution in [0, 0.1) is 5.82 Å². The predicted molar refractivity (Wildman–Crippen MR) is 84.9 cm³/mol. The molecule has 21 heavy (non-hydrogen) atoms. The van der Waals surface area contributed by atoms with Crippen molar-refractivity contribution in [3.05, 3.63) is 29.6 Å². The zero-order chi connectivity index (χ0) is 15.8. The molecular formula is C16H26FN3O. The molecule has 1 aromatic rings. The van der Waals surface area contributed by atoms with Crippen molar-refractivity contribution in [2.45, 2.75) is 40.3 Å². The molecule has 0 saturated carbocycles. The van der Waals surface area contributed by atoms with E-state index in [0.717, 1.165) is 11.3 Å². The Kier molecular flexibility index (Phi) is 7.15. The summed E-state index contributed by atoms with van der Waals surface area (Å²) in [6, 6.07) is 5.04. The number of hydrogen-bond acceptors (Lipinski definition) is 3. The Labute approximate surface area is 126 Å². The van der Waals surface area contributed by atoms with Gasteiger partial charge in [0.05, 0.1) is 6.54 Å². The molecule has 0 heterocycles. The Morgan fingerprint density at radius 3 is 2.62 bits per heavy atom. The van der Waals surface area contributed by atoms with Crippen LogP contribution in [0.15, 0.2) is 18.2 Å². The van der Waals surface area contributed by atoms with Gasteiger partial charge in [0.25, 0.3) is 0 Å². The summed E-state index contributed by atoms with van der Waals surface area (Å²) in [6.07, 6.45) is 0. The standard InChI is InChI=1S/C16H26FN3O/c1-5-18-16(21)11-20(6-2)15-8-7-14(17)9-13(15)10-19-12(3)4/h7-9,12,19H,5-6,10-11H2,1-4H3,(H,18,21). The second-order valence-electron chi connectivity index (χ2n) is 5.28. The second-order valence-corrected chi connectivity index (χ2v) is 5.28. The number of halogens is 1. The zero-order valence-electron chi connectivity index (χ0n) is 13.4. The van der Waals surface area contributed by atoms with E-state index in [2.05, 4.69) is 10.6 Å². The van der Waals surface area contributed by atoms with Gasteiger partial charge >= 0.3 is 0 Å². The van der Waals surface area contributed by atoms with E-state index in [-0.39, 0.29) is 18.3 Å². The fourth-order valence-corrected chi connectivity index (χ4v) is 2.11. The van der Waals surface area contributed by atoms with Crippen LogP contribution >= 0.6 is 0 Å². The normalized spacial score (nSPS) is 10.8. The van der Waals surface area contributed by atoms with Gasteiger partial charge in [-0.15, -0.1) is 0 Å². The van der Waals surface area contributed by atoms with E-state index in [4.69, 9.17) is 0 Å². The number of nitrogens with one attached hydrogen (secondary N) is 2. The molecule has 0 unspecified atom stereocenters. The van der Waals surface area contributed by atoms with Gasteiger partial charge in [-0.3, -0.25) is 4.79 Å². The lowest BCUT2D eigenvalue weighted by Crippen LogP contribution is -2.38. The van der Waals surface area contributed by atoms with Crippen LogP contribution in [0.4, 0.5) is 10.1 Å². The number of benzene rings is 1. The Morgan fingerprint density at radius 1 is 1.33 bits per heavy atom. The largest absolute Gasteiger partial charge is 0.362 e. The van der Waals surface area contributed by atoms with E-state index in [1.54, 1.807) is 6.07 Å². The Morgan fingerprint density at radius 2 is 2.05 bits per heavy atom. The summed E-state index contributed by atoms with van der Waals surface area (Å²) in [7, 11) is 0. The lowest BCUT2D eigenvalue weighted by atomic mass is 10.1. The molecule has 1 amide bonds. The molecule has 118 valence electrons. The molecule has 2 N–H and O–H groups in total. The van der Waals surface area contributed by atoms with Gasteiger partial charge in [-0.25, -0.2) is 4.39 Å². The summed E-state index contributed by atoms with van der Waals surface area (Å²) < 4.78 is 13.5.